The van der Waals surface area contributed by atoms with Crippen LogP contribution in [0.4, 0.5) is 10.1 Å². The molecule has 0 aliphatic carbocycles. The quantitative estimate of drug-likeness (QED) is 0.533. The van der Waals surface area contributed by atoms with E-state index in [1.165, 1.54) is 17.1 Å². The number of carbonyl (C=O) groups excluding carboxylic acids is 1. The molecule has 0 N–H and O–H groups in total. The molecule has 2 aliphatic heterocycles. The third-order valence-electron chi connectivity index (χ3n) is 6.35. The number of hydrogen-bond acceptors (Lipinski definition) is 8. The summed E-state index contributed by atoms with van der Waals surface area (Å²) in [6.07, 6.45) is 1.35. The summed E-state index contributed by atoms with van der Waals surface area (Å²) in [4.78, 5) is 20.4. The van der Waals surface area contributed by atoms with Crippen molar-refractivity contribution < 1.29 is 13.9 Å². The van der Waals surface area contributed by atoms with E-state index in [-0.39, 0.29) is 30.2 Å². The van der Waals surface area contributed by atoms with Crippen LogP contribution in [-0.2, 0) is 16.0 Å². The van der Waals surface area contributed by atoms with Crippen LogP contribution in [-0.4, -0.2) is 84.9 Å². The van der Waals surface area contributed by atoms with Gasteiger partial charge in [-0.2, -0.15) is 9.78 Å². The monoisotopic (exact) mass is 463 g/mol. The Labute approximate surface area is 195 Å². The van der Waals surface area contributed by atoms with Crippen molar-refractivity contribution in [3.63, 3.8) is 0 Å². The normalized spacial score (nSPS) is 20.6. The number of benzene rings is 1. The molecule has 2 aromatic heterocycles. The van der Waals surface area contributed by atoms with Gasteiger partial charge in [0, 0.05) is 26.2 Å². The van der Waals surface area contributed by atoms with Crippen molar-refractivity contribution >= 4 is 11.6 Å². The van der Waals surface area contributed by atoms with Gasteiger partial charge < -0.3 is 9.64 Å². The lowest BCUT2D eigenvalue weighted by Gasteiger charge is -2.46. The van der Waals surface area contributed by atoms with Gasteiger partial charge in [-0.05, 0) is 46.7 Å². The number of aromatic nitrogens is 6. The molecule has 11 nitrogen and oxygen atoms in total. The number of ether oxygens (including phenoxy) is 1. The van der Waals surface area contributed by atoms with Gasteiger partial charge in [0.1, 0.15) is 12.1 Å². The maximum atomic E-state index is 13.9. The summed E-state index contributed by atoms with van der Waals surface area (Å²) in [6.45, 7) is 12.0. The number of piperazine rings is 1. The summed E-state index contributed by atoms with van der Waals surface area (Å²) in [5, 5.41) is 19.1. The highest BCUT2D eigenvalue weighted by Gasteiger charge is 2.36. The number of hydrogen-bond donors (Lipinski definition) is 0. The van der Waals surface area contributed by atoms with E-state index >= 15 is 0 Å². The van der Waals surface area contributed by atoms with Crippen molar-refractivity contribution in [2.75, 3.05) is 32.8 Å². The molecule has 4 heterocycles. The molecule has 0 radical (unpaired) electrons. The molecule has 0 saturated carbocycles. The van der Waals surface area contributed by atoms with E-state index in [2.05, 4.69) is 35.5 Å². The average Bonchev–Trinajstić information content (AvgIpc) is 3.39. The SMILES string of the molecule is [C-]#[N+]c1c(F)ccc([C@H]2CN3CCN(C(=O)Cc4ccc(-n5cnnn5)nn4)C[C@H]3CO2)c1C. The fourth-order valence-corrected chi connectivity index (χ4v) is 4.47. The van der Waals surface area contributed by atoms with Gasteiger partial charge in [-0.3, -0.25) is 9.69 Å². The van der Waals surface area contributed by atoms with Crippen LogP contribution < -0.4 is 0 Å². The summed E-state index contributed by atoms with van der Waals surface area (Å²) in [6, 6.07) is 6.59. The van der Waals surface area contributed by atoms with Crippen molar-refractivity contribution in [1.29, 1.82) is 0 Å². The largest absolute Gasteiger partial charge is 0.371 e. The van der Waals surface area contributed by atoms with Crippen LogP contribution in [0.1, 0.15) is 22.9 Å². The van der Waals surface area contributed by atoms with Gasteiger partial charge in [-0.25, -0.2) is 9.24 Å². The number of carbonyl (C=O) groups is 1. The maximum absolute atomic E-state index is 13.9. The van der Waals surface area contributed by atoms with E-state index in [4.69, 9.17) is 11.3 Å². The van der Waals surface area contributed by atoms with Gasteiger partial charge in [0.15, 0.2) is 5.82 Å². The predicted molar refractivity (Wildman–Crippen MR) is 116 cm³/mol. The van der Waals surface area contributed by atoms with E-state index in [9.17, 15) is 9.18 Å². The number of tetrazole rings is 1. The van der Waals surface area contributed by atoms with Crippen LogP contribution in [0.3, 0.4) is 0 Å². The molecule has 1 aromatic carbocycles. The predicted octanol–water partition coefficient (Wildman–Crippen LogP) is 1.28. The molecule has 2 aliphatic rings. The van der Waals surface area contributed by atoms with E-state index in [1.54, 1.807) is 25.1 Å². The Morgan fingerprint density at radius 2 is 2.12 bits per heavy atom. The lowest BCUT2D eigenvalue weighted by atomic mass is 9.98. The molecule has 174 valence electrons. The highest BCUT2D eigenvalue weighted by atomic mass is 19.1. The second-order valence-electron chi connectivity index (χ2n) is 8.35. The average molecular weight is 463 g/mol. The van der Waals surface area contributed by atoms with Gasteiger partial charge in [0.25, 0.3) is 0 Å². The zero-order valence-corrected chi connectivity index (χ0v) is 18.5. The molecule has 2 saturated heterocycles. The molecule has 5 rings (SSSR count). The molecule has 0 unspecified atom stereocenters. The molecule has 12 heteroatoms. The molecular formula is C22H22FN9O2. The first-order chi connectivity index (χ1) is 16.5. The van der Waals surface area contributed by atoms with E-state index in [1.807, 2.05) is 4.90 Å². The number of halogens is 1. The minimum absolute atomic E-state index is 0.0117. The summed E-state index contributed by atoms with van der Waals surface area (Å²) in [7, 11) is 0. The van der Waals surface area contributed by atoms with Crippen LogP contribution in [0.5, 0.6) is 0 Å². The minimum atomic E-state index is -0.508. The Hall–Kier alpha value is -3.82. The molecular weight excluding hydrogens is 441 g/mol. The lowest BCUT2D eigenvalue weighted by Crippen LogP contribution is -2.59. The summed E-state index contributed by atoms with van der Waals surface area (Å²) in [5.41, 5.74) is 2.09. The summed E-state index contributed by atoms with van der Waals surface area (Å²) >= 11 is 0. The van der Waals surface area contributed by atoms with Crippen molar-refractivity contribution in [3.8, 4) is 5.82 Å². The topological polar surface area (TPSA) is 107 Å². The second kappa shape index (κ2) is 9.20. The highest BCUT2D eigenvalue weighted by molar-refractivity contribution is 5.78. The number of amides is 1. The zero-order valence-electron chi connectivity index (χ0n) is 18.5. The number of fused-ring (bicyclic) bond motifs is 1. The van der Waals surface area contributed by atoms with E-state index in [0.717, 1.165) is 12.1 Å². The van der Waals surface area contributed by atoms with Gasteiger partial charge in [0.2, 0.25) is 11.6 Å². The molecule has 0 bridgehead atoms. The van der Waals surface area contributed by atoms with E-state index in [0.29, 0.717) is 43.3 Å². The van der Waals surface area contributed by atoms with Crippen LogP contribution in [0.2, 0.25) is 0 Å². The number of morpholine rings is 1. The molecule has 2 atom stereocenters. The fourth-order valence-electron chi connectivity index (χ4n) is 4.47. The van der Waals surface area contributed by atoms with Crippen LogP contribution in [0.25, 0.3) is 10.7 Å². The highest BCUT2D eigenvalue weighted by Crippen LogP contribution is 2.34. The molecule has 1 amide bonds. The third kappa shape index (κ3) is 4.23. The lowest BCUT2D eigenvalue weighted by molar-refractivity contribution is -0.139. The van der Waals surface area contributed by atoms with Crippen LogP contribution in [0.15, 0.2) is 30.6 Å². The standard InChI is InChI=1S/C22H22FN9O2/c1-14-17(4-5-18(23)22(14)24-2)19-11-30-7-8-31(10-16(30)12-34-19)21(33)9-15-3-6-20(27-26-15)32-13-25-28-29-32/h3-6,13,16,19H,7-12H2,1H3/t16-,19+/m0/s1. The van der Waals surface area contributed by atoms with Crippen LogP contribution in [0, 0.1) is 19.3 Å². The molecule has 0 spiro atoms. The number of nitrogens with zero attached hydrogens (tertiary/aromatic N) is 9. The summed E-state index contributed by atoms with van der Waals surface area (Å²) in [5.74, 6) is -0.0437. The van der Waals surface area contributed by atoms with Gasteiger partial charge in [0.05, 0.1) is 37.4 Å². The van der Waals surface area contributed by atoms with Gasteiger partial charge in [-0.15, -0.1) is 10.2 Å². The Bertz CT molecular complexity index is 1230. The fraction of sp³-hybridized carbons (Fsp3) is 0.409. The first kappa shape index (κ1) is 22.0. The van der Waals surface area contributed by atoms with Crippen molar-refractivity contribution in [2.24, 2.45) is 0 Å². The van der Waals surface area contributed by atoms with Crippen molar-refractivity contribution in [2.45, 2.75) is 25.5 Å². The Balaban J connectivity index is 1.19. The Kier molecular flexibility index (Phi) is 5.95. The second-order valence-corrected chi connectivity index (χ2v) is 8.35. The van der Waals surface area contributed by atoms with E-state index < -0.39 is 5.82 Å². The zero-order chi connectivity index (χ0) is 23.7. The Morgan fingerprint density at radius 3 is 2.85 bits per heavy atom. The maximum Gasteiger partial charge on any atom is 0.228 e. The smallest absolute Gasteiger partial charge is 0.228 e. The first-order valence-corrected chi connectivity index (χ1v) is 10.9. The first-order valence-electron chi connectivity index (χ1n) is 10.9. The molecule has 34 heavy (non-hydrogen) atoms. The van der Waals surface area contributed by atoms with Gasteiger partial charge in [-0.1, -0.05) is 6.07 Å². The van der Waals surface area contributed by atoms with Crippen molar-refractivity contribution in [1.82, 2.24) is 40.2 Å². The van der Waals surface area contributed by atoms with Gasteiger partial charge >= 0.3 is 0 Å². The minimum Gasteiger partial charge on any atom is -0.371 e. The summed E-state index contributed by atoms with van der Waals surface area (Å²) < 4.78 is 21.4. The number of rotatable bonds is 4. The van der Waals surface area contributed by atoms with Crippen LogP contribution >= 0.6 is 0 Å². The third-order valence-corrected chi connectivity index (χ3v) is 6.35. The van der Waals surface area contributed by atoms with Crippen molar-refractivity contribution in [3.05, 3.63) is 64.6 Å². The molecule has 2 fully saturated rings. The Morgan fingerprint density at radius 1 is 1.24 bits per heavy atom. The molecule has 3 aromatic rings.